The number of thiazole rings is 1. The monoisotopic (exact) mass is 764 g/mol. The predicted octanol–water partition coefficient (Wildman–Crippen LogP) is 2.49. The molecular formula is C37H48N8O6S2. The summed E-state index contributed by atoms with van der Waals surface area (Å²) in [6, 6.07) is 8.42. The molecule has 2 aromatic heterocycles. The second-order valence-corrected chi connectivity index (χ2v) is 15.1. The van der Waals surface area contributed by atoms with E-state index in [-0.39, 0.29) is 36.7 Å². The molecule has 0 radical (unpaired) electrons. The van der Waals surface area contributed by atoms with Gasteiger partial charge in [-0.3, -0.25) is 33.8 Å². The molecule has 53 heavy (non-hydrogen) atoms. The molecule has 0 spiro atoms. The molecule has 0 aliphatic carbocycles. The van der Waals surface area contributed by atoms with Gasteiger partial charge in [0.15, 0.2) is 0 Å². The van der Waals surface area contributed by atoms with Gasteiger partial charge >= 0.3 is 0 Å². The number of aromatic nitrogens is 2. The van der Waals surface area contributed by atoms with Crippen molar-refractivity contribution in [2.45, 2.75) is 77.2 Å². The molecule has 1 aromatic carbocycles. The van der Waals surface area contributed by atoms with E-state index >= 15 is 0 Å². The summed E-state index contributed by atoms with van der Waals surface area (Å²) in [5.41, 5.74) is 1.22. The Bertz CT molecular complexity index is 1720. The normalized spacial score (nSPS) is 22.5. The van der Waals surface area contributed by atoms with Gasteiger partial charge in [0.2, 0.25) is 23.6 Å². The van der Waals surface area contributed by atoms with Crippen molar-refractivity contribution in [1.29, 1.82) is 0 Å². The molecule has 0 unspecified atom stereocenters. The van der Waals surface area contributed by atoms with Crippen molar-refractivity contribution in [2.24, 2.45) is 5.92 Å². The molecule has 5 atom stereocenters. The second kappa shape index (κ2) is 19.9. The van der Waals surface area contributed by atoms with Crippen LogP contribution in [0.3, 0.4) is 0 Å². The molecule has 6 amide bonds. The highest BCUT2D eigenvalue weighted by atomic mass is 32.2. The SMILES string of the molecule is CC[C@@H]1NC(=O)[C@@H](C)NC(=O)c2csc(n2)[C@H](C(C)C)NC(=O)CN(C(=O)c2cccnc2)C[C@H](Cc2ccccc2)NC(=O)[C@H](CCSC)NC1=O. The van der Waals surface area contributed by atoms with Crippen molar-refractivity contribution in [1.82, 2.24) is 41.5 Å². The zero-order valence-corrected chi connectivity index (χ0v) is 32.2. The molecule has 1 aliphatic rings. The van der Waals surface area contributed by atoms with Crippen molar-refractivity contribution in [3.63, 3.8) is 0 Å². The van der Waals surface area contributed by atoms with Gasteiger partial charge in [0.05, 0.1) is 24.2 Å². The Kier molecular flexibility index (Phi) is 15.3. The van der Waals surface area contributed by atoms with Crippen molar-refractivity contribution in [2.75, 3.05) is 25.1 Å². The van der Waals surface area contributed by atoms with E-state index in [0.29, 0.717) is 23.6 Å². The molecule has 2 bridgehead atoms. The van der Waals surface area contributed by atoms with Gasteiger partial charge in [0.1, 0.15) is 28.8 Å². The van der Waals surface area contributed by atoms with Gasteiger partial charge in [0.25, 0.3) is 11.8 Å². The van der Waals surface area contributed by atoms with Crippen LogP contribution in [0.2, 0.25) is 0 Å². The number of carbonyl (C=O) groups is 6. The number of hydrogen-bond acceptors (Lipinski definition) is 10. The predicted molar refractivity (Wildman–Crippen MR) is 204 cm³/mol. The van der Waals surface area contributed by atoms with Crippen LogP contribution in [0.1, 0.15) is 78.0 Å². The fourth-order valence-electron chi connectivity index (χ4n) is 5.72. The summed E-state index contributed by atoms with van der Waals surface area (Å²) in [4.78, 5) is 91.7. The number of pyridine rings is 1. The first-order valence-corrected chi connectivity index (χ1v) is 19.9. The highest BCUT2D eigenvalue weighted by Crippen LogP contribution is 2.25. The van der Waals surface area contributed by atoms with E-state index in [4.69, 9.17) is 0 Å². The molecule has 5 N–H and O–H groups in total. The van der Waals surface area contributed by atoms with Crippen molar-refractivity contribution in [3.8, 4) is 0 Å². The van der Waals surface area contributed by atoms with E-state index in [0.717, 1.165) is 5.56 Å². The van der Waals surface area contributed by atoms with Gasteiger partial charge in [0, 0.05) is 24.3 Å². The van der Waals surface area contributed by atoms with E-state index < -0.39 is 65.7 Å². The Labute approximate surface area is 318 Å². The Balaban J connectivity index is 1.76. The summed E-state index contributed by atoms with van der Waals surface area (Å²) in [7, 11) is 0. The minimum atomic E-state index is -1.01. The van der Waals surface area contributed by atoms with Crippen LogP contribution in [-0.2, 0) is 25.6 Å². The number of nitrogens with one attached hydrogen (secondary N) is 5. The molecule has 16 heteroatoms. The number of hydrogen-bond donors (Lipinski definition) is 5. The van der Waals surface area contributed by atoms with Gasteiger partial charge < -0.3 is 31.5 Å². The maximum absolute atomic E-state index is 14.0. The zero-order chi connectivity index (χ0) is 38.5. The highest BCUT2D eigenvalue weighted by molar-refractivity contribution is 7.98. The summed E-state index contributed by atoms with van der Waals surface area (Å²) in [5, 5.41) is 16.2. The molecule has 1 aliphatic heterocycles. The maximum Gasteiger partial charge on any atom is 0.271 e. The van der Waals surface area contributed by atoms with Crippen molar-refractivity contribution in [3.05, 3.63) is 82.1 Å². The standard InChI is InChI=1S/C37H48N8O6S2/c1-6-27-33(48)42-28(14-16-52-5)34(49)40-26(17-24-11-8-7-9-12-24)19-45(37(51)25-13-10-15-38-18-25)20-30(46)44-31(22(2)3)36-43-29(21-53-36)35(50)39-23(4)32(47)41-27/h7-13,15,18,21-23,26-28,31H,6,14,16-17,19-20H2,1-5H3,(H,39,50)(H,40,49)(H,41,47)(H,42,48)(H,44,46)/t23-,26+,27+,28+,31+/m1/s1. The van der Waals surface area contributed by atoms with Crippen LogP contribution < -0.4 is 26.6 Å². The summed E-state index contributed by atoms with van der Waals surface area (Å²) in [5.74, 6) is -2.74. The first-order chi connectivity index (χ1) is 25.4. The quantitative estimate of drug-likeness (QED) is 0.229. The summed E-state index contributed by atoms with van der Waals surface area (Å²) >= 11 is 2.69. The molecule has 3 aromatic rings. The molecule has 3 heterocycles. The Morgan fingerprint density at radius 2 is 1.66 bits per heavy atom. The molecule has 14 nitrogen and oxygen atoms in total. The lowest BCUT2D eigenvalue weighted by atomic mass is 10.0. The number of fused-ring (bicyclic) bond motifs is 2. The molecule has 284 valence electrons. The largest absolute Gasteiger partial charge is 0.349 e. The summed E-state index contributed by atoms with van der Waals surface area (Å²) in [6.07, 6.45) is 5.69. The van der Waals surface area contributed by atoms with Crippen LogP contribution in [0, 0.1) is 5.92 Å². The van der Waals surface area contributed by atoms with Crippen LogP contribution in [0.4, 0.5) is 0 Å². The van der Waals surface area contributed by atoms with Crippen LogP contribution >= 0.6 is 23.1 Å². The van der Waals surface area contributed by atoms with Crippen LogP contribution in [0.15, 0.2) is 60.2 Å². The third-order valence-electron chi connectivity index (χ3n) is 8.67. The third kappa shape index (κ3) is 11.8. The van der Waals surface area contributed by atoms with E-state index in [1.807, 2.05) is 50.4 Å². The van der Waals surface area contributed by atoms with Crippen molar-refractivity contribution >= 4 is 58.5 Å². The Hall–Kier alpha value is -4.83. The molecular weight excluding hydrogens is 717 g/mol. The zero-order valence-electron chi connectivity index (χ0n) is 30.6. The molecule has 0 fully saturated rings. The Morgan fingerprint density at radius 1 is 0.943 bits per heavy atom. The highest BCUT2D eigenvalue weighted by Gasteiger charge is 2.32. The first-order valence-electron chi connectivity index (χ1n) is 17.6. The topological polar surface area (TPSA) is 192 Å². The van der Waals surface area contributed by atoms with E-state index in [1.54, 1.807) is 30.6 Å². The van der Waals surface area contributed by atoms with E-state index in [2.05, 4.69) is 36.6 Å². The van der Waals surface area contributed by atoms with Gasteiger partial charge in [-0.25, -0.2) is 4.98 Å². The number of nitrogens with zero attached hydrogens (tertiary/aromatic N) is 3. The number of benzene rings is 1. The van der Waals surface area contributed by atoms with Crippen LogP contribution in [0.5, 0.6) is 0 Å². The lowest BCUT2D eigenvalue weighted by Crippen LogP contribution is -2.58. The average Bonchev–Trinajstić information content (AvgIpc) is 3.64. The second-order valence-electron chi connectivity index (χ2n) is 13.2. The van der Waals surface area contributed by atoms with Gasteiger partial charge in [-0.1, -0.05) is 51.1 Å². The smallest absolute Gasteiger partial charge is 0.271 e. The average molecular weight is 765 g/mol. The molecule has 0 saturated heterocycles. The number of amides is 6. The summed E-state index contributed by atoms with van der Waals surface area (Å²) in [6.45, 7) is 6.62. The number of thioether (sulfide) groups is 1. The fourth-order valence-corrected chi connectivity index (χ4v) is 7.21. The minimum absolute atomic E-state index is 0.0512. The van der Waals surface area contributed by atoms with Crippen LogP contribution in [0.25, 0.3) is 0 Å². The minimum Gasteiger partial charge on any atom is -0.349 e. The van der Waals surface area contributed by atoms with E-state index in [9.17, 15) is 28.8 Å². The molecule has 0 saturated carbocycles. The van der Waals surface area contributed by atoms with Crippen LogP contribution in [-0.4, -0.2) is 99.6 Å². The first kappa shape index (κ1) is 40.9. The van der Waals surface area contributed by atoms with Gasteiger partial charge in [-0.15, -0.1) is 11.3 Å². The molecule has 4 rings (SSSR count). The van der Waals surface area contributed by atoms with Crippen molar-refractivity contribution < 1.29 is 28.8 Å². The fraction of sp³-hybridized carbons (Fsp3) is 0.459. The maximum atomic E-state index is 14.0. The van der Waals surface area contributed by atoms with Gasteiger partial charge in [-0.2, -0.15) is 11.8 Å². The lowest BCUT2D eigenvalue weighted by molar-refractivity contribution is -0.132. The Morgan fingerprint density at radius 3 is 2.32 bits per heavy atom. The number of carbonyl (C=O) groups excluding carboxylic acids is 6. The summed E-state index contributed by atoms with van der Waals surface area (Å²) < 4.78 is 0. The third-order valence-corrected chi connectivity index (χ3v) is 10.2. The number of rotatable bonds is 8. The van der Waals surface area contributed by atoms with E-state index in [1.165, 1.54) is 41.1 Å². The van der Waals surface area contributed by atoms with Gasteiger partial charge in [-0.05, 0) is 61.8 Å². The lowest BCUT2D eigenvalue weighted by Gasteiger charge is -2.30.